The molecule has 0 saturated carbocycles. The molecule has 0 spiro atoms. The molecule has 94 valence electrons. The van der Waals surface area contributed by atoms with Crippen LogP contribution in [0.25, 0.3) is 11.0 Å². The van der Waals surface area contributed by atoms with Gasteiger partial charge in [0.2, 0.25) is 0 Å². The normalized spacial score (nSPS) is 10.8. The van der Waals surface area contributed by atoms with Crippen LogP contribution in [-0.2, 0) is 6.54 Å². The summed E-state index contributed by atoms with van der Waals surface area (Å²) < 4.78 is 1.79. The van der Waals surface area contributed by atoms with Crippen molar-refractivity contribution in [2.24, 2.45) is 0 Å². The lowest BCUT2D eigenvalue weighted by Gasteiger charge is -2.03. The van der Waals surface area contributed by atoms with E-state index in [9.17, 15) is 0 Å². The van der Waals surface area contributed by atoms with E-state index in [-0.39, 0.29) is 0 Å². The van der Waals surface area contributed by atoms with Gasteiger partial charge in [0.25, 0.3) is 0 Å². The van der Waals surface area contributed by atoms with Crippen LogP contribution in [0.3, 0.4) is 0 Å². The zero-order valence-electron chi connectivity index (χ0n) is 10.1. The summed E-state index contributed by atoms with van der Waals surface area (Å²) in [6.07, 6.45) is 3.13. The molecule has 2 heterocycles. The molecule has 19 heavy (non-hydrogen) atoms. The molecule has 2 N–H and O–H groups in total. The Bertz CT molecular complexity index is 697. The van der Waals surface area contributed by atoms with Crippen molar-refractivity contribution in [3.05, 3.63) is 54.4 Å². The van der Waals surface area contributed by atoms with Crippen LogP contribution in [0, 0.1) is 0 Å². The summed E-state index contributed by atoms with van der Waals surface area (Å²) in [6.45, 7) is 0.637. The van der Waals surface area contributed by atoms with E-state index in [0.29, 0.717) is 12.0 Å². The Hall–Kier alpha value is -2.18. The molecule has 0 amide bonds. The molecule has 1 aromatic carbocycles. The van der Waals surface area contributed by atoms with Gasteiger partial charge in [-0.1, -0.05) is 30.3 Å². The largest absolute Gasteiger partial charge is 0.490 e. The van der Waals surface area contributed by atoms with Gasteiger partial charge in [-0.2, -0.15) is 5.10 Å². The van der Waals surface area contributed by atoms with E-state index in [1.54, 1.807) is 16.9 Å². The maximum atomic E-state index is 9.11. The van der Waals surface area contributed by atoms with Crippen molar-refractivity contribution in [1.82, 2.24) is 14.8 Å². The first-order valence-electron chi connectivity index (χ1n) is 5.95. The molecule has 0 aliphatic rings. The van der Waals surface area contributed by atoms with Crippen LogP contribution >= 0.6 is 0 Å². The summed E-state index contributed by atoms with van der Waals surface area (Å²) in [6, 6.07) is 11.7. The molecule has 0 unspecified atom stereocenters. The number of pyridine rings is 1. The maximum Gasteiger partial charge on any atom is 0.490 e. The second-order valence-corrected chi connectivity index (χ2v) is 4.34. The molecular weight excluding hydrogens is 241 g/mol. The van der Waals surface area contributed by atoms with Gasteiger partial charge in [-0.25, -0.2) is 9.67 Å². The molecule has 6 heteroatoms. The zero-order chi connectivity index (χ0) is 13.2. The summed E-state index contributed by atoms with van der Waals surface area (Å²) in [7, 11) is -1.51. The van der Waals surface area contributed by atoms with Crippen molar-refractivity contribution >= 4 is 23.6 Å². The molecule has 3 aromatic rings. The van der Waals surface area contributed by atoms with Gasteiger partial charge >= 0.3 is 7.12 Å². The van der Waals surface area contributed by atoms with Gasteiger partial charge in [0.05, 0.1) is 12.7 Å². The highest BCUT2D eigenvalue weighted by Crippen LogP contribution is 2.11. The second kappa shape index (κ2) is 4.83. The first-order chi connectivity index (χ1) is 9.24. The van der Waals surface area contributed by atoms with Gasteiger partial charge in [-0.05, 0) is 11.6 Å². The number of hydrogen-bond donors (Lipinski definition) is 2. The Kier molecular flexibility index (Phi) is 3.02. The van der Waals surface area contributed by atoms with Crippen LogP contribution in [0.1, 0.15) is 5.56 Å². The van der Waals surface area contributed by atoms with Crippen molar-refractivity contribution in [3.8, 4) is 0 Å². The number of rotatable bonds is 3. The van der Waals surface area contributed by atoms with Gasteiger partial charge < -0.3 is 10.0 Å². The van der Waals surface area contributed by atoms with Gasteiger partial charge in [-0.15, -0.1) is 0 Å². The van der Waals surface area contributed by atoms with Crippen molar-refractivity contribution in [1.29, 1.82) is 0 Å². The topological polar surface area (TPSA) is 71.2 Å². The van der Waals surface area contributed by atoms with E-state index >= 15 is 0 Å². The third-order valence-electron chi connectivity index (χ3n) is 2.97. The van der Waals surface area contributed by atoms with Gasteiger partial charge in [-0.3, -0.25) is 0 Å². The molecule has 0 radical (unpaired) electrons. The molecule has 0 bridgehead atoms. The highest BCUT2D eigenvalue weighted by Gasteiger charge is 2.13. The summed E-state index contributed by atoms with van der Waals surface area (Å²) in [5.74, 6) is 0. The van der Waals surface area contributed by atoms with E-state index in [1.165, 1.54) is 6.20 Å². The van der Waals surface area contributed by atoms with E-state index in [1.807, 2.05) is 30.3 Å². The Morgan fingerprint density at radius 2 is 1.89 bits per heavy atom. The Balaban J connectivity index is 1.97. The molecule has 2 aromatic heterocycles. The minimum absolute atomic E-state index is 0.367. The molecule has 0 aliphatic carbocycles. The quantitative estimate of drug-likeness (QED) is 0.652. The van der Waals surface area contributed by atoms with Crippen molar-refractivity contribution < 1.29 is 10.0 Å². The Morgan fingerprint density at radius 1 is 1.11 bits per heavy atom. The zero-order valence-corrected chi connectivity index (χ0v) is 10.1. The van der Waals surface area contributed by atoms with Crippen LogP contribution in [0.5, 0.6) is 0 Å². The summed E-state index contributed by atoms with van der Waals surface area (Å²) >= 11 is 0. The maximum absolute atomic E-state index is 9.11. The van der Waals surface area contributed by atoms with Crippen LogP contribution in [-0.4, -0.2) is 31.9 Å². The molecule has 0 atom stereocenters. The average Bonchev–Trinajstić information content (AvgIpc) is 2.82. The van der Waals surface area contributed by atoms with Crippen molar-refractivity contribution in [3.63, 3.8) is 0 Å². The summed E-state index contributed by atoms with van der Waals surface area (Å²) in [5.41, 5.74) is 2.24. The van der Waals surface area contributed by atoms with Crippen molar-refractivity contribution in [2.75, 3.05) is 0 Å². The minimum atomic E-state index is -1.51. The van der Waals surface area contributed by atoms with E-state index in [2.05, 4.69) is 10.1 Å². The highest BCUT2D eigenvalue weighted by atomic mass is 16.4. The highest BCUT2D eigenvalue weighted by molar-refractivity contribution is 6.58. The first-order valence-corrected chi connectivity index (χ1v) is 5.95. The van der Waals surface area contributed by atoms with Crippen LogP contribution in [0.4, 0.5) is 0 Å². The lowest BCUT2D eigenvalue weighted by Crippen LogP contribution is -2.30. The third-order valence-corrected chi connectivity index (χ3v) is 2.97. The lowest BCUT2D eigenvalue weighted by molar-refractivity contribution is 0.425. The molecular formula is C13H12BN3O2. The number of benzene rings is 1. The van der Waals surface area contributed by atoms with Gasteiger partial charge in [0.15, 0.2) is 5.65 Å². The fraction of sp³-hybridized carbons (Fsp3) is 0.0769. The van der Waals surface area contributed by atoms with E-state index < -0.39 is 7.12 Å². The summed E-state index contributed by atoms with van der Waals surface area (Å²) in [4.78, 5) is 4.24. The second-order valence-electron chi connectivity index (χ2n) is 4.34. The number of aromatic nitrogens is 3. The number of fused-ring (bicyclic) bond motifs is 1. The Labute approximate surface area is 110 Å². The van der Waals surface area contributed by atoms with E-state index in [0.717, 1.165) is 16.6 Å². The van der Waals surface area contributed by atoms with Crippen molar-refractivity contribution in [2.45, 2.75) is 6.54 Å². The smallest absolute Gasteiger partial charge is 0.423 e. The minimum Gasteiger partial charge on any atom is -0.423 e. The molecule has 0 aliphatic heterocycles. The summed E-state index contributed by atoms with van der Waals surface area (Å²) in [5, 5.41) is 23.3. The molecule has 0 fully saturated rings. The third kappa shape index (κ3) is 2.36. The van der Waals surface area contributed by atoms with E-state index in [4.69, 9.17) is 10.0 Å². The van der Waals surface area contributed by atoms with Crippen LogP contribution in [0.2, 0.25) is 0 Å². The SMILES string of the molecule is OB(O)c1cnc2c(cnn2Cc2ccccc2)c1. The predicted molar refractivity (Wildman–Crippen MR) is 72.9 cm³/mol. The van der Waals surface area contributed by atoms with Gasteiger partial charge in [0, 0.05) is 17.0 Å². The monoisotopic (exact) mass is 253 g/mol. The average molecular weight is 253 g/mol. The Morgan fingerprint density at radius 3 is 2.63 bits per heavy atom. The van der Waals surface area contributed by atoms with Crippen LogP contribution < -0.4 is 5.46 Å². The number of hydrogen-bond acceptors (Lipinski definition) is 4. The molecule has 5 nitrogen and oxygen atoms in total. The first kappa shape index (κ1) is 11.9. The fourth-order valence-electron chi connectivity index (χ4n) is 2.00. The molecule has 0 saturated heterocycles. The molecule has 3 rings (SSSR count). The standard InChI is InChI=1S/C13H12BN3O2/c18-14(19)12-6-11-7-16-17(13(11)15-8-12)9-10-4-2-1-3-5-10/h1-8,18-19H,9H2. The lowest BCUT2D eigenvalue weighted by atomic mass is 9.81. The predicted octanol–water partition coefficient (Wildman–Crippen LogP) is 0.159. The van der Waals surface area contributed by atoms with Crippen LogP contribution in [0.15, 0.2) is 48.8 Å². The fourth-order valence-corrected chi connectivity index (χ4v) is 2.00. The van der Waals surface area contributed by atoms with Gasteiger partial charge in [0.1, 0.15) is 0 Å². The number of nitrogens with zero attached hydrogens (tertiary/aromatic N) is 3.